The van der Waals surface area contributed by atoms with Crippen LogP contribution in [-0.4, -0.2) is 23.1 Å². The van der Waals surface area contributed by atoms with Crippen LogP contribution in [-0.2, 0) is 4.74 Å². The van der Waals surface area contributed by atoms with E-state index in [1.165, 1.54) is 0 Å². The van der Waals surface area contributed by atoms with E-state index in [1.54, 1.807) is 18.2 Å². The Morgan fingerprint density at radius 3 is 3.00 bits per heavy atom. The van der Waals surface area contributed by atoms with E-state index < -0.39 is 11.8 Å². The van der Waals surface area contributed by atoms with Gasteiger partial charge in [0, 0.05) is 4.47 Å². The van der Waals surface area contributed by atoms with Gasteiger partial charge in [-0.05, 0) is 18.2 Å². The molecule has 0 amide bonds. The van der Waals surface area contributed by atoms with Gasteiger partial charge in [-0.3, -0.25) is 0 Å². The number of hydrogen-bond acceptors (Lipinski definition) is 4. The highest BCUT2D eigenvalue weighted by molar-refractivity contribution is 9.10. The predicted octanol–water partition coefficient (Wildman–Crippen LogP) is 2.58. The molecule has 0 aliphatic heterocycles. The fraction of sp³-hybridized carbons (Fsp3) is 0.200. The maximum atomic E-state index is 11.6. The molecule has 0 aliphatic rings. The molecular weight excluding hydrogens is 313 g/mol. The maximum absolute atomic E-state index is 11.6. The van der Waals surface area contributed by atoms with Gasteiger partial charge in [-0.2, -0.15) is 4.57 Å². The highest BCUT2D eigenvalue weighted by Crippen LogP contribution is 2.18. The topological polar surface area (TPSA) is 61.4 Å². The van der Waals surface area contributed by atoms with Crippen molar-refractivity contribution in [1.29, 1.82) is 0 Å². The standard InChI is InChI=1S/C10H7BrClNO4/c11-6-1-2-7-8(5-6)17-10(15)13(7)9(14)16-4-3-12/h1-2,5H,3-4H2. The van der Waals surface area contributed by atoms with Crippen molar-refractivity contribution in [2.75, 3.05) is 12.5 Å². The van der Waals surface area contributed by atoms with Gasteiger partial charge in [0.25, 0.3) is 0 Å². The molecule has 0 bridgehead atoms. The van der Waals surface area contributed by atoms with Gasteiger partial charge in [0.1, 0.15) is 12.1 Å². The van der Waals surface area contributed by atoms with Gasteiger partial charge in [-0.1, -0.05) is 15.9 Å². The predicted molar refractivity (Wildman–Crippen MR) is 65.6 cm³/mol. The number of oxazole rings is 1. The number of ether oxygens (including phenoxy) is 1. The Labute approximate surface area is 109 Å². The lowest BCUT2D eigenvalue weighted by molar-refractivity contribution is 0.153. The molecule has 0 saturated heterocycles. The lowest BCUT2D eigenvalue weighted by Gasteiger charge is -2.01. The molecule has 2 rings (SSSR count). The minimum Gasteiger partial charge on any atom is -0.448 e. The van der Waals surface area contributed by atoms with Crippen LogP contribution < -0.4 is 5.76 Å². The van der Waals surface area contributed by atoms with Crippen molar-refractivity contribution < 1.29 is 13.9 Å². The molecule has 1 aromatic heterocycles. The molecule has 17 heavy (non-hydrogen) atoms. The van der Waals surface area contributed by atoms with Gasteiger partial charge in [-0.15, -0.1) is 11.6 Å². The summed E-state index contributed by atoms with van der Waals surface area (Å²) in [6, 6.07) is 4.89. The summed E-state index contributed by atoms with van der Waals surface area (Å²) >= 11 is 8.63. The first kappa shape index (κ1) is 12.2. The van der Waals surface area contributed by atoms with E-state index in [9.17, 15) is 9.59 Å². The van der Waals surface area contributed by atoms with Crippen molar-refractivity contribution in [3.8, 4) is 0 Å². The molecule has 0 unspecified atom stereocenters. The van der Waals surface area contributed by atoms with Crippen molar-refractivity contribution in [2.24, 2.45) is 0 Å². The zero-order valence-electron chi connectivity index (χ0n) is 8.48. The van der Waals surface area contributed by atoms with E-state index in [1.807, 2.05) is 0 Å². The van der Waals surface area contributed by atoms with E-state index in [0.717, 1.165) is 9.04 Å². The van der Waals surface area contributed by atoms with E-state index in [4.69, 9.17) is 20.8 Å². The second-order valence-electron chi connectivity index (χ2n) is 3.12. The molecule has 0 radical (unpaired) electrons. The monoisotopic (exact) mass is 319 g/mol. The summed E-state index contributed by atoms with van der Waals surface area (Å²) < 4.78 is 11.3. The number of nitrogens with zero attached hydrogens (tertiary/aromatic N) is 1. The van der Waals surface area contributed by atoms with Crippen molar-refractivity contribution in [3.05, 3.63) is 33.2 Å². The van der Waals surface area contributed by atoms with Crippen LogP contribution in [0.5, 0.6) is 0 Å². The van der Waals surface area contributed by atoms with E-state index in [-0.39, 0.29) is 12.5 Å². The van der Waals surface area contributed by atoms with Gasteiger partial charge in [0.2, 0.25) is 0 Å². The average molecular weight is 321 g/mol. The molecule has 0 spiro atoms. The lowest BCUT2D eigenvalue weighted by Crippen LogP contribution is -2.24. The highest BCUT2D eigenvalue weighted by Gasteiger charge is 2.16. The van der Waals surface area contributed by atoms with Crippen LogP contribution in [0.1, 0.15) is 0 Å². The Morgan fingerprint density at radius 2 is 2.29 bits per heavy atom. The maximum Gasteiger partial charge on any atom is 0.429 e. The Balaban J connectivity index is 2.50. The van der Waals surface area contributed by atoms with Crippen LogP contribution in [0.15, 0.2) is 31.9 Å². The van der Waals surface area contributed by atoms with E-state index in [2.05, 4.69) is 15.9 Å². The summed E-state index contributed by atoms with van der Waals surface area (Å²) in [5.74, 6) is -0.611. The quantitative estimate of drug-likeness (QED) is 0.798. The fourth-order valence-electron chi connectivity index (χ4n) is 1.36. The number of hydrogen-bond donors (Lipinski definition) is 0. The van der Waals surface area contributed by atoms with Crippen molar-refractivity contribution >= 4 is 44.7 Å². The number of fused-ring (bicyclic) bond motifs is 1. The molecule has 7 heteroatoms. The van der Waals surface area contributed by atoms with Crippen LogP contribution >= 0.6 is 27.5 Å². The van der Waals surface area contributed by atoms with Crippen LogP contribution in [0.4, 0.5) is 4.79 Å². The number of halogens is 2. The fourth-order valence-corrected chi connectivity index (χ4v) is 1.77. The minimum absolute atomic E-state index is 0.0377. The van der Waals surface area contributed by atoms with Crippen LogP contribution in [0.25, 0.3) is 11.1 Å². The smallest absolute Gasteiger partial charge is 0.429 e. The molecule has 0 aliphatic carbocycles. The molecule has 1 heterocycles. The summed E-state index contributed by atoms with van der Waals surface area (Å²) in [4.78, 5) is 23.1. The number of rotatable bonds is 2. The molecule has 0 N–H and O–H groups in total. The highest BCUT2D eigenvalue weighted by atomic mass is 79.9. The normalized spacial score (nSPS) is 10.7. The zero-order chi connectivity index (χ0) is 12.4. The first-order chi connectivity index (χ1) is 8.13. The summed E-state index contributed by atoms with van der Waals surface area (Å²) in [6.07, 6.45) is -0.795. The first-order valence-corrected chi connectivity index (χ1v) is 6.00. The van der Waals surface area contributed by atoms with Gasteiger partial charge < -0.3 is 9.15 Å². The van der Waals surface area contributed by atoms with Gasteiger partial charge >= 0.3 is 11.8 Å². The van der Waals surface area contributed by atoms with E-state index in [0.29, 0.717) is 11.1 Å². The zero-order valence-corrected chi connectivity index (χ0v) is 10.8. The average Bonchev–Trinajstić information content (AvgIpc) is 2.61. The second kappa shape index (κ2) is 4.93. The van der Waals surface area contributed by atoms with Gasteiger partial charge in [-0.25, -0.2) is 9.59 Å². The largest absolute Gasteiger partial charge is 0.448 e. The summed E-state index contributed by atoms with van der Waals surface area (Å²) in [6.45, 7) is 0.0377. The van der Waals surface area contributed by atoms with Gasteiger partial charge in [0.05, 0.1) is 5.88 Å². The summed E-state index contributed by atoms with van der Waals surface area (Å²) in [7, 11) is 0. The SMILES string of the molecule is O=C(OCCCl)n1c(=O)oc2cc(Br)ccc21. The number of benzene rings is 1. The third kappa shape index (κ3) is 2.37. The third-order valence-electron chi connectivity index (χ3n) is 2.03. The third-order valence-corrected chi connectivity index (χ3v) is 2.68. The molecule has 0 atom stereocenters. The number of carbonyl (C=O) groups is 1. The second-order valence-corrected chi connectivity index (χ2v) is 4.41. The first-order valence-electron chi connectivity index (χ1n) is 4.67. The van der Waals surface area contributed by atoms with Crippen LogP contribution in [0.2, 0.25) is 0 Å². The number of alkyl halides is 1. The Bertz CT molecular complexity index is 618. The number of carbonyl (C=O) groups excluding carboxylic acids is 1. The lowest BCUT2D eigenvalue weighted by atomic mass is 10.3. The minimum atomic E-state index is -0.795. The summed E-state index contributed by atoms with van der Waals surface area (Å²) in [5, 5.41) is 0. The molecule has 1 aromatic carbocycles. The molecule has 5 nitrogen and oxygen atoms in total. The Kier molecular flexibility index (Phi) is 3.54. The molecule has 90 valence electrons. The van der Waals surface area contributed by atoms with Crippen molar-refractivity contribution in [3.63, 3.8) is 0 Å². The van der Waals surface area contributed by atoms with Gasteiger partial charge in [0.15, 0.2) is 5.58 Å². The molecule has 2 aromatic rings. The molecule has 0 fully saturated rings. The molecular formula is C10H7BrClNO4. The Hall–Kier alpha value is -1.27. The molecule has 0 saturated carbocycles. The van der Waals surface area contributed by atoms with E-state index >= 15 is 0 Å². The van der Waals surface area contributed by atoms with Crippen molar-refractivity contribution in [2.45, 2.75) is 0 Å². The summed E-state index contributed by atoms with van der Waals surface area (Å²) in [5.41, 5.74) is 0.671. The van der Waals surface area contributed by atoms with Crippen LogP contribution in [0.3, 0.4) is 0 Å². The van der Waals surface area contributed by atoms with Crippen LogP contribution in [0, 0.1) is 0 Å². The number of aromatic nitrogens is 1. The van der Waals surface area contributed by atoms with Crippen molar-refractivity contribution in [1.82, 2.24) is 4.57 Å². The Morgan fingerprint density at radius 1 is 1.53 bits per heavy atom.